The molecule has 1 heterocycles. The van der Waals surface area contributed by atoms with Gasteiger partial charge in [0.05, 0.1) is 13.4 Å². The molecule has 0 fully saturated rings. The van der Waals surface area contributed by atoms with Crippen LogP contribution in [-0.2, 0) is 6.42 Å². The van der Waals surface area contributed by atoms with Crippen molar-refractivity contribution < 1.29 is 9.15 Å². The van der Waals surface area contributed by atoms with Crippen molar-refractivity contribution in [1.82, 2.24) is 0 Å². The van der Waals surface area contributed by atoms with E-state index in [9.17, 15) is 0 Å². The standard InChI is InChI=1S/C16H20O2/c1-9-6-5-7-12-13(9)11(3)14-10(2)8-18-16(14)15(12)17-4/h8-9H,5-7H2,1-4H3/t9-/m0/s1. The van der Waals surface area contributed by atoms with Crippen molar-refractivity contribution in [1.29, 1.82) is 0 Å². The summed E-state index contributed by atoms with van der Waals surface area (Å²) < 4.78 is 11.4. The van der Waals surface area contributed by atoms with E-state index in [1.165, 1.54) is 40.5 Å². The molecular weight excluding hydrogens is 224 g/mol. The highest BCUT2D eigenvalue weighted by atomic mass is 16.5. The Hall–Kier alpha value is -1.44. The molecule has 0 saturated heterocycles. The third-order valence-corrected chi connectivity index (χ3v) is 4.32. The van der Waals surface area contributed by atoms with Gasteiger partial charge in [-0.2, -0.15) is 0 Å². The van der Waals surface area contributed by atoms with Crippen LogP contribution in [0.4, 0.5) is 0 Å². The summed E-state index contributed by atoms with van der Waals surface area (Å²) >= 11 is 0. The predicted octanol–water partition coefficient (Wildman–Crippen LogP) is 4.50. The lowest BCUT2D eigenvalue weighted by atomic mass is 9.79. The highest BCUT2D eigenvalue weighted by Gasteiger charge is 2.26. The second-order valence-corrected chi connectivity index (χ2v) is 5.47. The maximum atomic E-state index is 5.73. The van der Waals surface area contributed by atoms with Gasteiger partial charge in [0.25, 0.3) is 0 Å². The molecule has 3 rings (SSSR count). The average Bonchev–Trinajstić information content (AvgIpc) is 2.72. The second kappa shape index (κ2) is 4.04. The zero-order valence-corrected chi connectivity index (χ0v) is 11.6. The van der Waals surface area contributed by atoms with E-state index < -0.39 is 0 Å². The van der Waals surface area contributed by atoms with Crippen LogP contribution in [0.1, 0.15) is 47.9 Å². The number of methoxy groups -OCH3 is 1. The van der Waals surface area contributed by atoms with E-state index in [-0.39, 0.29) is 0 Å². The van der Waals surface area contributed by atoms with E-state index in [4.69, 9.17) is 9.15 Å². The Bertz CT molecular complexity index is 607. The summed E-state index contributed by atoms with van der Waals surface area (Å²) in [4.78, 5) is 0. The fourth-order valence-corrected chi connectivity index (χ4v) is 3.56. The molecule has 1 aromatic carbocycles. The van der Waals surface area contributed by atoms with E-state index in [1.807, 2.05) is 6.26 Å². The number of hydrogen-bond acceptors (Lipinski definition) is 2. The topological polar surface area (TPSA) is 22.4 Å². The van der Waals surface area contributed by atoms with E-state index in [0.717, 1.165) is 17.8 Å². The minimum atomic E-state index is 0.626. The minimum Gasteiger partial charge on any atom is -0.493 e. The molecule has 96 valence electrons. The number of hydrogen-bond donors (Lipinski definition) is 0. The van der Waals surface area contributed by atoms with Gasteiger partial charge in [0.2, 0.25) is 0 Å². The molecule has 0 bridgehead atoms. The Morgan fingerprint density at radius 3 is 2.83 bits per heavy atom. The first-order chi connectivity index (χ1) is 8.65. The van der Waals surface area contributed by atoms with Gasteiger partial charge in [0.15, 0.2) is 11.3 Å². The van der Waals surface area contributed by atoms with Gasteiger partial charge in [0, 0.05) is 10.9 Å². The van der Waals surface area contributed by atoms with Gasteiger partial charge in [-0.1, -0.05) is 6.92 Å². The maximum absolute atomic E-state index is 5.73. The summed E-state index contributed by atoms with van der Waals surface area (Å²) in [6.45, 7) is 6.66. The number of aryl methyl sites for hydroxylation is 2. The van der Waals surface area contributed by atoms with E-state index in [2.05, 4.69) is 20.8 Å². The summed E-state index contributed by atoms with van der Waals surface area (Å²) in [5, 5.41) is 1.25. The Labute approximate surface area is 108 Å². The van der Waals surface area contributed by atoms with Gasteiger partial charge in [-0.05, 0) is 55.7 Å². The number of ether oxygens (including phenoxy) is 1. The molecule has 2 heteroatoms. The Balaban J connectivity index is 2.45. The smallest absolute Gasteiger partial charge is 0.176 e. The molecule has 0 aliphatic heterocycles. The second-order valence-electron chi connectivity index (χ2n) is 5.47. The molecule has 1 aromatic heterocycles. The quantitative estimate of drug-likeness (QED) is 0.737. The third kappa shape index (κ3) is 1.41. The van der Waals surface area contributed by atoms with Crippen LogP contribution in [0.25, 0.3) is 11.0 Å². The summed E-state index contributed by atoms with van der Waals surface area (Å²) in [5.41, 5.74) is 6.40. The Kier molecular flexibility index (Phi) is 2.61. The van der Waals surface area contributed by atoms with Crippen molar-refractivity contribution in [2.75, 3.05) is 7.11 Å². The highest BCUT2D eigenvalue weighted by Crippen LogP contribution is 2.45. The number of benzene rings is 1. The van der Waals surface area contributed by atoms with Gasteiger partial charge >= 0.3 is 0 Å². The maximum Gasteiger partial charge on any atom is 0.176 e. The molecule has 1 atom stereocenters. The van der Waals surface area contributed by atoms with Crippen LogP contribution in [0.5, 0.6) is 5.75 Å². The fourth-order valence-electron chi connectivity index (χ4n) is 3.56. The minimum absolute atomic E-state index is 0.626. The monoisotopic (exact) mass is 244 g/mol. The van der Waals surface area contributed by atoms with Crippen LogP contribution in [-0.4, -0.2) is 7.11 Å². The summed E-state index contributed by atoms with van der Waals surface area (Å²) in [5.74, 6) is 1.59. The van der Waals surface area contributed by atoms with Crippen LogP contribution >= 0.6 is 0 Å². The van der Waals surface area contributed by atoms with Gasteiger partial charge in [0.1, 0.15) is 0 Å². The van der Waals surface area contributed by atoms with Crippen molar-refractivity contribution >= 4 is 11.0 Å². The number of rotatable bonds is 1. The Morgan fingerprint density at radius 1 is 1.33 bits per heavy atom. The number of furan rings is 1. The molecule has 2 nitrogen and oxygen atoms in total. The van der Waals surface area contributed by atoms with Crippen LogP contribution in [0.2, 0.25) is 0 Å². The van der Waals surface area contributed by atoms with Crippen molar-refractivity contribution in [3.63, 3.8) is 0 Å². The molecule has 0 unspecified atom stereocenters. The number of fused-ring (bicyclic) bond motifs is 2. The predicted molar refractivity (Wildman–Crippen MR) is 73.6 cm³/mol. The molecule has 0 spiro atoms. The lowest BCUT2D eigenvalue weighted by molar-refractivity contribution is 0.399. The molecule has 2 aromatic rings. The van der Waals surface area contributed by atoms with Gasteiger partial charge < -0.3 is 9.15 Å². The van der Waals surface area contributed by atoms with Gasteiger partial charge in [-0.25, -0.2) is 0 Å². The first-order valence-electron chi connectivity index (χ1n) is 6.72. The molecule has 0 saturated carbocycles. The summed E-state index contributed by atoms with van der Waals surface area (Å²) in [6, 6.07) is 0. The average molecular weight is 244 g/mol. The lowest BCUT2D eigenvalue weighted by Gasteiger charge is -2.26. The van der Waals surface area contributed by atoms with E-state index >= 15 is 0 Å². The summed E-state index contributed by atoms with van der Waals surface area (Å²) in [7, 11) is 1.75. The first-order valence-corrected chi connectivity index (χ1v) is 6.72. The van der Waals surface area contributed by atoms with Crippen LogP contribution in [0.15, 0.2) is 10.7 Å². The first kappa shape index (κ1) is 11.6. The molecule has 1 aliphatic rings. The van der Waals surface area contributed by atoms with Crippen molar-refractivity contribution in [3.8, 4) is 5.75 Å². The molecule has 1 aliphatic carbocycles. The van der Waals surface area contributed by atoms with Gasteiger partial charge in [-0.3, -0.25) is 0 Å². The van der Waals surface area contributed by atoms with Crippen LogP contribution in [0, 0.1) is 13.8 Å². The highest BCUT2D eigenvalue weighted by molar-refractivity contribution is 5.92. The third-order valence-electron chi connectivity index (χ3n) is 4.32. The fraction of sp³-hybridized carbons (Fsp3) is 0.500. The molecule has 0 N–H and O–H groups in total. The SMILES string of the molecule is COc1c2c(c(C)c3c(C)coc13)[C@@H](C)CCC2. The van der Waals surface area contributed by atoms with Crippen LogP contribution < -0.4 is 4.74 Å². The Morgan fingerprint density at radius 2 is 2.11 bits per heavy atom. The molecule has 0 amide bonds. The molecule has 18 heavy (non-hydrogen) atoms. The normalized spacial score (nSPS) is 19.0. The largest absolute Gasteiger partial charge is 0.493 e. The van der Waals surface area contributed by atoms with E-state index in [1.54, 1.807) is 7.11 Å². The summed E-state index contributed by atoms with van der Waals surface area (Å²) in [6.07, 6.45) is 5.48. The van der Waals surface area contributed by atoms with Crippen LogP contribution in [0.3, 0.4) is 0 Å². The van der Waals surface area contributed by atoms with Gasteiger partial charge in [-0.15, -0.1) is 0 Å². The van der Waals surface area contributed by atoms with E-state index in [0.29, 0.717) is 5.92 Å². The molecular formula is C16H20O2. The lowest BCUT2D eigenvalue weighted by Crippen LogP contribution is -2.11. The molecule has 0 radical (unpaired) electrons. The zero-order chi connectivity index (χ0) is 12.9. The van der Waals surface area contributed by atoms with Crippen molar-refractivity contribution in [2.24, 2.45) is 0 Å². The van der Waals surface area contributed by atoms with Crippen molar-refractivity contribution in [2.45, 2.75) is 46.0 Å². The van der Waals surface area contributed by atoms with Crippen molar-refractivity contribution in [3.05, 3.63) is 28.5 Å². The zero-order valence-electron chi connectivity index (χ0n) is 11.6.